The summed E-state index contributed by atoms with van der Waals surface area (Å²) in [5, 5.41) is 11.4. The van der Waals surface area contributed by atoms with E-state index in [1.165, 1.54) is 0 Å². The predicted molar refractivity (Wildman–Crippen MR) is 74.7 cm³/mol. The highest BCUT2D eigenvalue weighted by Gasteiger charge is 2.20. The van der Waals surface area contributed by atoms with Crippen LogP contribution < -0.4 is 5.32 Å². The number of nitrogens with zero attached hydrogens (tertiary/aromatic N) is 1. The number of carbonyl (C=O) groups excluding carboxylic acids is 2. The van der Waals surface area contributed by atoms with Crippen LogP contribution >= 0.6 is 0 Å². The van der Waals surface area contributed by atoms with Gasteiger partial charge in [-0.2, -0.15) is 0 Å². The number of hydrogen-bond acceptors (Lipinski definition) is 3. The summed E-state index contributed by atoms with van der Waals surface area (Å²) >= 11 is 0. The quantitative estimate of drug-likeness (QED) is 0.525. The van der Waals surface area contributed by atoms with E-state index in [-0.39, 0.29) is 24.8 Å². The smallest absolute Gasteiger partial charge is 0.323 e. The minimum absolute atomic E-state index is 0.0283. The highest BCUT2D eigenvalue weighted by molar-refractivity contribution is 5.82. The molecule has 2 amide bonds. The summed E-state index contributed by atoms with van der Waals surface area (Å²) in [6.45, 7) is 5.34. The maximum Gasteiger partial charge on any atom is 0.323 e. The molecule has 0 heterocycles. The lowest BCUT2D eigenvalue weighted by Gasteiger charge is -2.19. The Morgan fingerprint density at radius 2 is 1.90 bits per heavy atom. The molecule has 6 heteroatoms. The van der Waals surface area contributed by atoms with E-state index in [9.17, 15) is 14.4 Å². The molecular formula is C14H22N2O4. The summed E-state index contributed by atoms with van der Waals surface area (Å²) in [7, 11) is 0. The molecule has 0 saturated carbocycles. The highest BCUT2D eigenvalue weighted by atomic mass is 16.4. The molecule has 0 fully saturated rings. The van der Waals surface area contributed by atoms with Crippen LogP contribution in [0.2, 0.25) is 0 Å². The fourth-order valence-corrected chi connectivity index (χ4v) is 1.37. The second-order valence-corrected chi connectivity index (χ2v) is 5.46. The van der Waals surface area contributed by atoms with Gasteiger partial charge in [0.25, 0.3) is 0 Å². The Hall–Kier alpha value is -2.03. The summed E-state index contributed by atoms with van der Waals surface area (Å²) in [6, 6.07) is 0. The Bertz CT molecular complexity index is 404. The van der Waals surface area contributed by atoms with Gasteiger partial charge < -0.3 is 15.3 Å². The first kappa shape index (κ1) is 18.0. The summed E-state index contributed by atoms with van der Waals surface area (Å²) < 4.78 is 0. The molecule has 0 unspecified atom stereocenters. The van der Waals surface area contributed by atoms with E-state index in [2.05, 4.69) is 11.2 Å². The number of nitrogens with one attached hydrogen (secondary N) is 1. The Kier molecular flexibility index (Phi) is 7.37. The molecular weight excluding hydrogens is 260 g/mol. The lowest BCUT2D eigenvalue weighted by molar-refractivity contribution is -0.144. The SMILES string of the molecule is C#CCN(CC(=O)O)C(=O)CCCNC(=O)C(C)(C)C. The van der Waals surface area contributed by atoms with Gasteiger partial charge in [0.2, 0.25) is 11.8 Å². The average Bonchev–Trinajstić information content (AvgIpc) is 2.31. The third-order valence-electron chi connectivity index (χ3n) is 2.50. The second-order valence-electron chi connectivity index (χ2n) is 5.46. The number of carboxylic acid groups (broad SMARTS) is 1. The minimum Gasteiger partial charge on any atom is -0.480 e. The Labute approximate surface area is 119 Å². The first-order valence-electron chi connectivity index (χ1n) is 6.39. The van der Waals surface area contributed by atoms with Gasteiger partial charge in [0.15, 0.2) is 0 Å². The van der Waals surface area contributed by atoms with Crippen LogP contribution in [0.15, 0.2) is 0 Å². The number of aliphatic carboxylic acids is 1. The van der Waals surface area contributed by atoms with Crippen molar-refractivity contribution in [1.29, 1.82) is 0 Å². The lowest BCUT2D eigenvalue weighted by atomic mass is 9.96. The van der Waals surface area contributed by atoms with Crippen molar-refractivity contribution in [3.05, 3.63) is 0 Å². The summed E-state index contributed by atoms with van der Waals surface area (Å²) in [5.74, 6) is 0.742. The van der Waals surface area contributed by atoms with Gasteiger partial charge >= 0.3 is 5.97 Å². The van der Waals surface area contributed by atoms with Gasteiger partial charge in [0.05, 0.1) is 6.54 Å². The fourth-order valence-electron chi connectivity index (χ4n) is 1.37. The van der Waals surface area contributed by atoms with Crippen LogP contribution in [0, 0.1) is 17.8 Å². The Morgan fingerprint density at radius 3 is 2.35 bits per heavy atom. The normalized spacial score (nSPS) is 10.5. The molecule has 0 atom stereocenters. The molecule has 0 aromatic carbocycles. The zero-order valence-corrected chi connectivity index (χ0v) is 12.2. The van der Waals surface area contributed by atoms with E-state index < -0.39 is 17.9 Å². The van der Waals surface area contributed by atoms with Gasteiger partial charge in [0.1, 0.15) is 6.54 Å². The third-order valence-corrected chi connectivity index (χ3v) is 2.50. The molecule has 0 saturated heterocycles. The van der Waals surface area contributed by atoms with Gasteiger partial charge in [-0.15, -0.1) is 6.42 Å². The number of terminal acetylenes is 1. The largest absolute Gasteiger partial charge is 0.480 e. The van der Waals surface area contributed by atoms with E-state index in [1.807, 2.05) is 0 Å². The minimum atomic E-state index is -1.10. The number of rotatable bonds is 7. The monoisotopic (exact) mass is 282 g/mol. The van der Waals surface area contributed by atoms with Crippen molar-refractivity contribution < 1.29 is 19.5 Å². The number of amides is 2. The first-order valence-corrected chi connectivity index (χ1v) is 6.39. The maximum absolute atomic E-state index is 11.8. The van der Waals surface area contributed by atoms with E-state index in [0.717, 1.165) is 4.90 Å². The van der Waals surface area contributed by atoms with Crippen molar-refractivity contribution >= 4 is 17.8 Å². The molecule has 0 rings (SSSR count). The molecule has 0 aliphatic carbocycles. The number of carboxylic acids is 1. The predicted octanol–water partition coefficient (Wildman–Crippen LogP) is 0.475. The Balaban J connectivity index is 4.11. The van der Waals surface area contributed by atoms with E-state index in [0.29, 0.717) is 13.0 Å². The van der Waals surface area contributed by atoms with Gasteiger partial charge in [0, 0.05) is 18.4 Å². The van der Waals surface area contributed by atoms with Crippen molar-refractivity contribution in [2.75, 3.05) is 19.6 Å². The van der Waals surface area contributed by atoms with Gasteiger partial charge in [-0.3, -0.25) is 14.4 Å². The van der Waals surface area contributed by atoms with Crippen LogP contribution in [-0.4, -0.2) is 47.4 Å². The molecule has 6 nitrogen and oxygen atoms in total. The van der Waals surface area contributed by atoms with Crippen LogP contribution in [0.3, 0.4) is 0 Å². The van der Waals surface area contributed by atoms with E-state index in [1.54, 1.807) is 20.8 Å². The molecule has 0 radical (unpaired) electrons. The Morgan fingerprint density at radius 1 is 1.30 bits per heavy atom. The van der Waals surface area contributed by atoms with Gasteiger partial charge in [-0.1, -0.05) is 26.7 Å². The molecule has 0 aliphatic heterocycles. The summed E-state index contributed by atoms with van der Waals surface area (Å²) in [6.07, 6.45) is 5.69. The average molecular weight is 282 g/mol. The number of hydrogen-bond donors (Lipinski definition) is 2. The molecule has 0 spiro atoms. The van der Waals surface area contributed by atoms with Crippen molar-refractivity contribution in [2.45, 2.75) is 33.6 Å². The standard InChI is InChI=1S/C14H22N2O4/c1-5-9-16(10-12(18)19)11(17)7-6-8-15-13(20)14(2,3)4/h1H,6-10H2,2-4H3,(H,15,20)(H,18,19). The van der Waals surface area contributed by atoms with Crippen LogP contribution in [0.1, 0.15) is 33.6 Å². The van der Waals surface area contributed by atoms with Crippen LogP contribution in [-0.2, 0) is 14.4 Å². The van der Waals surface area contributed by atoms with Crippen molar-refractivity contribution in [1.82, 2.24) is 10.2 Å². The molecule has 0 aromatic heterocycles. The first-order chi connectivity index (χ1) is 9.18. The van der Waals surface area contributed by atoms with Crippen LogP contribution in [0.25, 0.3) is 0 Å². The van der Waals surface area contributed by atoms with Crippen molar-refractivity contribution in [3.8, 4) is 12.3 Å². The summed E-state index contributed by atoms with van der Waals surface area (Å²) in [5.41, 5.74) is -0.469. The maximum atomic E-state index is 11.8. The van der Waals surface area contributed by atoms with Crippen molar-refractivity contribution in [3.63, 3.8) is 0 Å². The molecule has 112 valence electrons. The topological polar surface area (TPSA) is 86.7 Å². The molecule has 0 aliphatic rings. The fraction of sp³-hybridized carbons (Fsp3) is 0.643. The van der Waals surface area contributed by atoms with Gasteiger partial charge in [-0.25, -0.2) is 0 Å². The zero-order valence-electron chi connectivity index (χ0n) is 12.2. The zero-order chi connectivity index (χ0) is 15.8. The number of carbonyl (C=O) groups is 3. The van der Waals surface area contributed by atoms with E-state index in [4.69, 9.17) is 11.5 Å². The van der Waals surface area contributed by atoms with Gasteiger partial charge in [-0.05, 0) is 6.42 Å². The lowest BCUT2D eigenvalue weighted by Crippen LogP contribution is -2.37. The molecule has 0 bridgehead atoms. The van der Waals surface area contributed by atoms with Crippen LogP contribution in [0.4, 0.5) is 0 Å². The van der Waals surface area contributed by atoms with Crippen LogP contribution in [0.5, 0.6) is 0 Å². The summed E-state index contributed by atoms with van der Waals surface area (Å²) in [4.78, 5) is 35.0. The van der Waals surface area contributed by atoms with Crippen molar-refractivity contribution in [2.24, 2.45) is 5.41 Å². The third kappa shape index (κ3) is 7.41. The highest BCUT2D eigenvalue weighted by Crippen LogP contribution is 2.12. The molecule has 0 aromatic rings. The molecule has 2 N–H and O–H groups in total. The second kappa shape index (κ2) is 8.20. The van der Waals surface area contributed by atoms with E-state index >= 15 is 0 Å². The molecule has 20 heavy (non-hydrogen) atoms.